The summed E-state index contributed by atoms with van der Waals surface area (Å²) in [5.41, 5.74) is 4.69. The topological polar surface area (TPSA) is 89.1 Å². The molecule has 5 rings (SSSR count). The molecule has 7 heteroatoms. The van der Waals surface area contributed by atoms with Crippen molar-refractivity contribution < 1.29 is 14.6 Å². The van der Waals surface area contributed by atoms with Gasteiger partial charge in [0.05, 0.1) is 29.4 Å². The van der Waals surface area contributed by atoms with Crippen molar-refractivity contribution in [1.82, 2.24) is 9.55 Å². The molecule has 0 saturated heterocycles. The number of nitrogens with zero attached hydrogens (tertiary/aromatic N) is 4. The number of amides is 1. The molecule has 0 aliphatic carbocycles. The van der Waals surface area contributed by atoms with Crippen LogP contribution in [0.25, 0.3) is 33.1 Å². The second kappa shape index (κ2) is 9.02. The first-order valence-electron chi connectivity index (χ1n) is 11.3. The first kappa shape index (κ1) is 22.3. The Morgan fingerprint density at radius 1 is 1.03 bits per heavy atom. The van der Waals surface area contributed by atoms with Crippen LogP contribution in [0.4, 0.5) is 5.69 Å². The van der Waals surface area contributed by atoms with Crippen molar-refractivity contribution in [1.29, 1.82) is 0 Å². The number of carbonyl (C=O) groups is 1. The third kappa shape index (κ3) is 4.01. The molecule has 0 radical (unpaired) electrons. The molecule has 0 fully saturated rings. The largest absolute Gasteiger partial charge is 0.497 e. The zero-order valence-electron chi connectivity index (χ0n) is 19.7. The standard InChI is InChI=1S/C28H24N4O3/c1-4-32-25-13-11-19(35-3)15-22(25)26(28(32)34)30-31-27(33)21-16-24(18-8-6-5-7-9-18)29-23-12-10-17(2)14-20(21)23/h5-16,34H,4H2,1-3H3. The van der Waals surface area contributed by atoms with Crippen LogP contribution in [0.3, 0.4) is 0 Å². The van der Waals surface area contributed by atoms with Crippen molar-refractivity contribution >= 4 is 33.4 Å². The van der Waals surface area contributed by atoms with Crippen molar-refractivity contribution in [2.45, 2.75) is 20.4 Å². The Hall–Kier alpha value is -4.52. The summed E-state index contributed by atoms with van der Waals surface area (Å²) in [5, 5.41) is 20.4. The predicted octanol–water partition coefficient (Wildman–Crippen LogP) is 6.82. The average molecular weight is 465 g/mol. The van der Waals surface area contributed by atoms with Crippen molar-refractivity contribution in [2.75, 3.05) is 7.11 Å². The molecule has 174 valence electrons. The molecule has 0 unspecified atom stereocenters. The predicted molar refractivity (Wildman–Crippen MR) is 137 cm³/mol. The van der Waals surface area contributed by atoms with Gasteiger partial charge in [-0.1, -0.05) is 42.0 Å². The maximum atomic E-state index is 13.4. The van der Waals surface area contributed by atoms with Crippen LogP contribution in [-0.2, 0) is 6.54 Å². The van der Waals surface area contributed by atoms with E-state index in [4.69, 9.17) is 9.72 Å². The number of aromatic nitrogens is 2. The molecule has 0 aliphatic heterocycles. The van der Waals surface area contributed by atoms with Gasteiger partial charge >= 0.3 is 0 Å². The number of rotatable bonds is 5. The Morgan fingerprint density at radius 2 is 1.83 bits per heavy atom. The summed E-state index contributed by atoms with van der Waals surface area (Å²) in [4.78, 5) is 18.1. The summed E-state index contributed by atoms with van der Waals surface area (Å²) in [6.45, 7) is 4.42. The lowest BCUT2D eigenvalue weighted by atomic mass is 10.0. The van der Waals surface area contributed by atoms with Gasteiger partial charge in [0, 0.05) is 22.9 Å². The van der Waals surface area contributed by atoms with E-state index in [9.17, 15) is 9.90 Å². The van der Waals surface area contributed by atoms with Crippen molar-refractivity contribution in [3.63, 3.8) is 0 Å². The molecule has 2 heterocycles. The Labute approximate surface area is 202 Å². The number of hydrogen-bond donors (Lipinski definition) is 1. The minimum absolute atomic E-state index is 0.0484. The number of azo groups is 1. The molecule has 2 aromatic heterocycles. The summed E-state index contributed by atoms with van der Waals surface area (Å²) >= 11 is 0. The Morgan fingerprint density at radius 3 is 2.57 bits per heavy atom. The molecular weight excluding hydrogens is 440 g/mol. The fraction of sp³-hybridized carbons (Fsp3) is 0.143. The third-order valence-corrected chi connectivity index (χ3v) is 6.04. The van der Waals surface area contributed by atoms with E-state index in [0.29, 0.717) is 39.8 Å². The van der Waals surface area contributed by atoms with Crippen molar-refractivity contribution in [2.24, 2.45) is 10.2 Å². The van der Waals surface area contributed by atoms with E-state index in [0.717, 1.165) is 16.6 Å². The number of ether oxygens (including phenoxy) is 1. The molecule has 0 bridgehead atoms. The number of hydrogen-bond acceptors (Lipinski definition) is 5. The van der Waals surface area contributed by atoms with E-state index < -0.39 is 5.91 Å². The number of aromatic hydroxyl groups is 1. The van der Waals surface area contributed by atoms with Gasteiger partial charge in [0.15, 0.2) is 5.69 Å². The Balaban J connectivity index is 1.64. The maximum Gasteiger partial charge on any atom is 0.296 e. The second-order valence-corrected chi connectivity index (χ2v) is 8.25. The number of fused-ring (bicyclic) bond motifs is 2. The summed E-state index contributed by atoms with van der Waals surface area (Å²) in [5.74, 6) is 0.0595. The molecule has 0 aliphatic rings. The van der Waals surface area contributed by atoms with Crippen LogP contribution in [-0.4, -0.2) is 27.7 Å². The fourth-order valence-electron chi connectivity index (χ4n) is 4.27. The molecule has 7 nitrogen and oxygen atoms in total. The lowest BCUT2D eigenvalue weighted by molar-refractivity contribution is 0.0996. The third-order valence-electron chi connectivity index (χ3n) is 6.04. The highest BCUT2D eigenvalue weighted by atomic mass is 16.5. The van der Waals surface area contributed by atoms with Gasteiger partial charge in [0.1, 0.15) is 5.75 Å². The Bertz CT molecular complexity index is 1600. The number of aryl methyl sites for hydroxylation is 2. The molecule has 1 N–H and O–H groups in total. The zero-order valence-corrected chi connectivity index (χ0v) is 19.7. The lowest BCUT2D eigenvalue weighted by Crippen LogP contribution is -1.99. The average Bonchev–Trinajstić information content (AvgIpc) is 3.16. The van der Waals surface area contributed by atoms with Crippen molar-refractivity contribution in [3.8, 4) is 22.9 Å². The molecule has 0 spiro atoms. The first-order valence-corrected chi connectivity index (χ1v) is 11.3. The van der Waals surface area contributed by atoms with Gasteiger partial charge < -0.3 is 14.4 Å². The van der Waals surface area contributed by atoms with Crippen LogP contribution in [0.1, 0.15) is 22.8 Å². The highest BCUT2D eigenvalue weighted by Crippen LogP contribution is 2.40. The van der Waals surface area contributed by atoms with Crippen LogP contribution in [0.5, 0.6) is 11.6 Å². The van der Waals surface area contributed by atoms with E-state index in [1.165, 1.54) is 0 Å². The van der Waals surface area contributed by atoms with Gasteiger partial charge in [0.25, 0.3) is 5.91 Å². The molecule has 5 aromatic rings. The number of carbonyl (C=O) groups excluding carboxylic acids is 1. The monoisotopic (exact) mass is 464 g/mol. The van der Waals surface area contributed by atoms with Crippen LogP contribution in [0.15, 0.2) is 83.0 Å². The van der Waals surface area contributed by atoms with Gasteiger partial charge in [-0.25, -0.2) is 4.98 Å². The zero-order chi connectivity index (χ0) is 24.5. The van der Waals surface area contributed by atoms with Gasteiger partial charge in [-0.05, 0) is 50.2 Å². The van der Waals surface area contributed by atoms with Crippen LogP contribution < -0.4 is 4.74 Å². The van der Waals surface area contributed by atoms with Crippen molar-refractivity contribution in [3.05, 3.63) is 83.9 Å². The van der Waals surface area contributed by atoms with E-state index in [-0.39, 0.29) is 11.6 Å². The van der Waals surface area contributed by atoms with Crippen LogP contribution in [0.2, 0.25) is 0 Å². The van der Waals surface area contributed by atoms with E-state index in [1.807, 2.05) is 74.5 Å². The summed E-state index contributed by atoms with van der Waals surface area (Å²) in [6.07, 6.45) is 0. The van der Waals surface area contributed by atoms with E-state index in [2.05, 4.69) is 10.2 Å². The fourth-order valence-corrected chi connectivity index (χ4v) is 4.27. The van der Waals surface area contributed by atoms with Gasteiger partial charge in [0.2, 0.25) is 5.88 Å². The first-order chi connectivity index (χ1) is 17.0. The highest BCUT2D eigenvalue weighted by Gasteiger charge is 2.18. The molecule has 35 heavy (non-hydrogen) atoms. The number of methoxy groups -OCH3 is 1. The summed E-state index contributed by atoms with van der Waals surface area (Å²) in [7, 11) is 1.57. The summed E-state index contributed by atoms with van der Waals surface area (Å²) in [6, 6.07) is 22.7. The number of pyridine rings is 1. The molecule has 3 aromatic carbocycles. The smallest absolute Gasteiger partial charge is 0.296 e. The van der Waals surface area contributed by atoms with Gasteiger partial charge in [-0.15, -0.1) is 10.2 Å². The minimum atomic E-state index is -0.514. The highest BCUT2D eigenvalue weighted by molar-refractivity contribution is 6.08. The molecular formula is C28H24N4O3. The second-order valence-electron chi connectivity index (χ2n) is 8.25. The molecule has 0 saturated carbocycles. The lowest BCUT2D eigenvalue weighted by Gasteiger charge is -2.08. The minimum Gasteiger partial charge on any atom is -0.497 e. The van der Waals surface area contributed by atoms with Gasteiger partial charge in [-0.2, -0.15) is 0 Å². The van der Waals surface area contributed by atoms with E-state index in [1.54, 1.807) is 23.8 Å². The maximum absolute atomic E-state index is 13.4. The molecule has 0 atom stereocenters. The van der Waals surface area contributed by atoms with Crippen LogP contribution >= 0.6 is 0 Å². The van der Waals surface area contributed by atoms with E-state index >= 15 is 0 Å². The normalized spacial score (nSPS) is 11.5. The SMILES string of the molecule is CCn1c(O)c(N=NC(=O)c2cc(-c3ccccc3)nc3ccc(C)cc23)c2cc(OC)ccc21. The van der Waals surface area contributed by atoms with Gasteiger partial charge in [-0.3, -0.25) is 4.79 Å². The Kier molecular flexibility index (Phi) is 5.74. The molecule has 1 amide bonds. The summed E-state index contributed by atoms with van der Waals surface area (Å²) < 4.78 is 7.05. The number of benzene rings is 3. The van der Waals surface area contributed by atoms with Crippen LogP contribution in [0, 0.1) is 6.92 Å². The quantitative estimate of drug-likeness (QED) is 0.289.